The molecule has 0 radical (unpaired) electrons. The molecule has 43 heavy (non-hydrogen) atoms. The molecule has 3 fully saturated rings. The molecule has 10 nitrogen and oxygen atoms in total. The molecule has 0 atom stereocenters. The van der Waals surface area contributed by atoms with Crippen LogP contribution in [0.2, 0.25) is 0 Å². The van der Waals surface area contributed by atoms with Gasteiger partial charge in [-0.3, -0.25) is 4.79 Å². The number of nitrogens with one attached hydrogen (secondary N) is 2. The predicted octanol–water partition coefficient (Wildman–Crippen LogP) is 5.35. The fourth-order valence-electron chi connectivity index (χ4n) is 7.38. The fraction of sp³-hybridized carbons (Fsp3) is 0.625. The van der Waals surface area contributed by atoms with E-state index in [2.05, 4.69) is 30.4 Å². The van der Waals surface area contributed by atoms with E-state index in [1.807, 2.05) is 27.7 Å². The van der Waals surface area contributed by atoms with Gasteiger partial charge in [-0.05, 0) is 95.8 Å². The highest BCUT2D eigenvalue weighted by Crippen LogP contribution is 2.43. The average molecular weight is 596 g/mol. The van der Waals surface area contributed by atoms with Gasteiger partial charge in [-0.15, -0.1) is 0 Å². The van der Waals surface area contributed by atoms with Crippen LogP contribution in [0.15, 0.2) is 30.7 Å². The van der Waals surface area contributed by atoms with Crippen molar-refractivity contribution in [3.63, 3.8) is 0 Å². The van der Waals surface area contributed by atoms with E-state index in [4.69, 9.17) is 5.11 Å². The molecule has 2 aliphatic heterocycles. The van der Waals surface area contributed by atoms with Crippen molar-refractivity contribution >= 4 is 29.2 Å². The lowest BCUT2D eigenvalue weighted by Gasteiger charge is -2.55. The Morgan fingerprint density at radius 1 is 1.07 bits per heavy atom. The number of nitrogens with zero attached hydrogens (tertiary/aromatic N) is 5. The van der Waals surface area contributed by atoms with Crippen LogP contribution in [0.4, 0.5) is 26.4 Å². The summed E-state index contributed by atoms with van der Waals surface area (Å²) in [6, 6.07) is 4.33. The number of amides is 2. The van der Waals surface area contributed by atoms with Crippen LogP contribution in [0.5, 0.6) is 0 Å². The van der Waals surface area contributed by atoms with E-state index in [0.29, 0.717) is 22.7 Å². The number of carbonyl (C=O) groups excluding carboxylic acids is 1. The predicted molar refractivity (Wildman–Crippen MR) is 165 cm³/mol. The van der Waals surface area contributed by atoms with Crippen molar-refractivity contribution in [3.05, 3.63) is 42.1 Å². The quantitative estimate of drug-likeness (QED) is 0.356. The molecular weight excluding hydrogens is 549 g/mol. The van der Waals surface area contributed by atoms with Crippen molar-refractivity contribution in [1.29, 1.82) is 0 Å². The zero-order valence-corrected chi connectivity index (χ0v) is 25.9. The number of aromatic nitrogens is 2. The first-order valence-corrected chi connectivity index (χ1v) is 15.7. The van der Waals surface area contributed by atoms with Crippen molar-refractivity contribution in [2.24, 2.45) is 11.3 Å². The summed E-state index contributed by atoms with van der Waals surface area (Å²) in [5.74, 6) is 0.768. The average Bonchev–Trinajstić information content (AvgIpc) is 2.94. The Kier molecular flexibility index (Phi) is 9.39. The Morgan fingerprint density at radius 2 is 1.74 bits per heavy atom. The summed E-state index contributed by atoms with van der Waals surface area (Å²) in [6.07, 6.45) is 8.55. The first kappa shape index (κ1) is 31.0. The largest absolute Gasteiger partial charge is 0.465 e. The number of rotatable bonds is 9. The number of likely N-dealkylation sites (tertiary alicyclic amines) is 1. The zero-order valence-electron chi connectivity index (χ0n) is 25.9. The minimum atomic E-state index is -0.917. The van der Waals surface area contributed by atoms with Crippen LogP contribution in [-0.4, -0.2) is 87.7 Å². The Morgan fingerprint density at radius 3 is 2.37 bits per heavy atom. The third-order valence-corrected chi connectivity index (χ3v) is 9.45. The fourth-order valence-corrected chi connectivity index (χ4v) is 7.38. The van der Waals surface area contributed by atoms with Gasteiger partial charge in [0.15, 0.2) is 5.82 Å². The summed E-state index contributed by atoms with van der Waals surface area (Å²) in [4.78, 5) is 40.0. The maximum Gasteiger partial charge on any atom is 0.404 e. The standard InChI is InChI=1S/C32H46FN7O3/c1-21(2)40(22(3)4)30(41)26-15-24(33)7-10-27(26)37-28-16-34-20-35-29(28)39-13-11-32(12-14-39)18-38(19-32)17-23-5-8-25(9-6-23)36-31(42)43/h7,10,15-16,20-23,25,36-37H,5-6,8-9,11-14,17-19H2,1-4H3,(H,42,43). The zero-order chi connectivity index (χ0) is 30.7. The molecule has 5 rings (SSSR count). The van der Waals surface area contributed by atoms with Crippen LogP contribution in [0, 0.1) is 17.2 Å². The molecule has 3 aliphatic rings. The highest BCUT2D eigenvalue weighted by atomic mass is 19.1. The third-order valence-electron chi connectivity index (χ3n) is 9.45. The smallest absolute Gasteiger partial charge is 0.404 e. The van der Waals surface area contributed by atoms with E-state index in [-0.39, 0.29) is 29.6 Å². The highest BCUT2D eigenvalue weighted by Gasteiger charge is 2.45. The number of carboxylic acid groups (broad SMARTS) is 1. The van der Waals surface area contributed by atoms with Crippen LogP contribution < -0.4 is 15.5 Å². The molecule has 0 bridgehead atoms. The lowest BCUT2D eigenvalue weighted by molar-refractivity contribution is -0.0309. The van der Waals surface area contributed by atoms with Gasteiger partial charge >= 0.3 is 6.09 Å². The van der Waals surface area contributed by atoms with Gasteiger partial charge in [0.05, 0.1) is 17.4 Å². The van der Waals surface area contributed by atoms with Crippen LogP contribution in [0.25, 0.3) is 0 Å². The second-order valence-corrected chi connectivity index (χ2v) is 13.3. The van der Waals surface area contributed by atoms with Gasteiger partial charge in [-0.2, -0.15) is 0 Å². The van der Waals surface area contributed by atoms with E-state index in [9.17, 15) is 14.0 Å². The van der Waals surface area contributed by atoms with Gasteiger partial charge in [0.2, 0.25) is 0 Å². The third kappa shape index (κ3) is 7.20. The molecule has 11 heteroatoms. The first-order valence-electron chi connectivity index (χ1n) is 15.7. The van der Waals surface area contributed by atoms with Gasteiger partial charge in [-0.1, -0.05) is 0 Å². The molecule has 0 unspecified atom stereocenters. The number of anilines is 3. The molecule has 1 spiro atoms. The van der Waals surface area contributed by atoms with Gasteiger partial charge in [0.25, 0.3) is 5.91 Å². The van der Waals surface area contributed by atoms with Gasteiger partial charge in [-0.25, -0.2) is 19.2 Å². The van der Waals surface area contributed by atoms with E-state index in [1.54, 1.807) is 23.5 Å². The summed E-state index contributed by atoms with van der Waals surface area (Å²) in [7, 11) is 0. The number of piperidine rings is 1. The molecular formula is C32H46FN7O3. The minimum absolute atomic E-state index is 0.0292. The van der Waals surface area contributed by atoms with E-state index >= 15 is 0 Å². The Bertz CT molecular complexity index is 1270. The van der Waals surface area contributed by atoms with Crippen molar-refractivity contribution in [2.75, 3.05) is 42.9 Å². The summed E-state index contributed by atoms with van der Waals surface area (Å²) in [5, 5.41) is 15.0. The number of hydrogen-bond donors (Lipinski definition) is 3. The number of carbonyl (C=O) groups is 2. The van der Waals surface area contributed by atoms with Crippen molar-refractivity contribution in [2.45, 2.75) is 84.3 Å². The summed E-state index contributed by atoms with van der Waals surface area (Å²) in [6.45, 7) is 13.0. The Balaban J connectivity index is 1.19. The molecule has 1 aromatic heterocycles. The normalized spacial score (nSPS) is 22.0. The summed E-state index contributed by atoms with van der Waals surface area (Å²) >= 11 is 0. The number of hydrogen-bond acceptors (Lipinski definition) is 7. The molecule has 3 heterocycles. The van der Waals surface area contributed by atoms with Crippen LogP contribution in [0.3, 0.4) is 0 Å². The molecule has 3 N–H and O–H groups in total. The van der Waals surface area contributed by atoms with E-state index in [1.165, 1.54) is 12.1 Å². The monoisotopic (exact) mass is 595 g/mol. The van der Waals surface area contributed by atoms with Gasteiger partial charge in [0.1, 0.15) is 17.8 Å². The maximum atomic E-state index is 14.4. The van der Waals surface area contributed by atoms with Crippen molar-refractivity contribution < 1.29 is 19.1 Å². The molecule has 2 aromatic rings. The van der Waals surface area contributed by atoms with Crippen molar-refractivity contribution in [1.82, 2.24) is 25.1 Å². The molecule has 234 valence electrons. The summed E-state index contributed by atoms with van der Waals surface area (Å²) < 4.78 is 14.4. The molecule has 1 saturated carbocycles. The Labute approximate surface area is 254 Å². The summed E-state index contributed by atoms with van der Waals surface area (Å²) in [5.41, 5.74) is 1.86. The Hall–Kier alpha value is -3.47. The van der Waals surface area contributed by atoms with Gasteiger partial charge < -0.3 is 30.4 Å². The van der Waals surface area contributed by atoms with Crippen LogP contribution in [0.1, 0.15) is 76.6 Å². The molecule has 2 saturated heterocycles. The van der Waals surface area contributed by atoms with Crippen LogP contribution in [-0.2, 0) is 0 Å². The molecule has 1 aromatic carbocycles. The van der Waals surface area contributed by atoms with Crippen molar-refractivity contribution in [3.8, 4) is 0 Å². The first-order chi connectivity index (χ1) is 20.5. The lowest BCUT2D eigenvalue weighted by Crippen LogP contribution is -2.61. The topological polar surface area (TPSA) is 114 Å². The van der Waals surface area contributed by atoms with Crippen LogP contribution >= 0.6 is 0 Å². The number of benzene rings is 1. The SMILES string of the molecule is CC(C)N(C(=O)c1cc(F)ccc1Nc1cncnc1N1CCC2(CC1)CN(CC1CCC(NC(=O)O)CC1)C2)C(C)C. The number of halogens is 1. The van der Waals surface area contributed by atoms with Gasteiger partial charge in [0, 0.05) is 50.8 Å². The maximum absolute atomic E-state index is 14.4. The van der Waals surface area contributed by atoms with E-state index < -0.39 is 11.9 Å². The molecule has 1 aliphatic carbocycles. The lowest BCUT2D eigenvalue weighted by atomic mass is 9.71. The molecule has 2 amide bonds. The highest BCUT2D eigenvalue weighted by molar-refractivity contribution is 6.01. The minimum Gasteiger partial charge on any atom is -0.465 e. The second-order valence-electron chi connectivity index (χ2n) is 13.3. The van der Waals surface area contributed by atoms with E-state index in [0.717, 1.165) is 77.1 Å². The second kappa shape index (κ2) is 13.0.